The predicted octanol–water partition coefficient (Wildman–Crippen LogP) is 1.01. The van der Waals surface area contributed by atoms with Gasteiger partial charge in [-0.2, -0.15) is 0 Å². The molecule has 0 radical (unpaired) electrons. The van der Waals surface area contributed by atoms with Crippen molar-refractivity contribution in [3.05, 3.63) is 36.0 Å². The van der Waals surface area contributed by atoms with Crippen LogP contribution in [0.1, 0.15) is 11.5 Å². The lowest BCUT2D eigenvalue weighted by molar-refractivity contribution is -0.0590. The van der Waals surface area contributed by atoms with E-state index in [4.69, 9.17) is 15.5 Å². The third-order valence-electron chi connectivity index (χ3n) is 3.49. The molecule has 0 aliphatic carbocycles. The molecule has 3 heterocycles. The molecule has 5 nitrogen and oxygen atoms in total. The molecule has 5 heteroatoms. The van der Waals surface area contributed by atoms with E-state index >= 15 is 0 Å². The molecular weight excluding hydrogens is 228 g/mol. The Morgan fingerprint density at radius 1 is 1.39 bits per heavy atom. The SMILES string of the molecule is Cc1[nH]c(C2(CN)COC2)nc1-c1ccncc1. The first kappa shape index (κ1) is 11.4. The highest BCUT2D eigenvalue weighted by molar-refractivity contribution is 5.61. The number of rotatable bonds is 3. The monoisotopic (exact) mass is 244 g/mol. The van der Waals surface area contributed by atoms with Gasteiger partial charge in [-0.05, 0) is 19.1 Å². The Bertz CT molecular complexity index is 540. The van der Waals surface area contributed by atoms with Gasteiger partial charge in [0.2, 0.25) is 0 Å². The summed E-state index contributed by atoms with van der Waals surface area (Å²) in [6.07, 6.45) is 3.54. The molecule has 3 rings (SSSR count). The van der Waals surface area contributed by atoms with Crippen LogP contribution in [0.5, 0.6) is 0 Å². The largest absolute Gasteiger partial charge is 0.379 e. The van der Waals surface area contributed by atoms with E-state index in [1.165, 1.54) is 0 Å². The average molecular weight is 244 g/mol. The van der Waals surface area contributed by atoms with Crippen molar-refractivity contribution in [2.24, 2.45) is 5.73 Å². The van der Waals surface area contributed by atoms with Crippen LogP contribution >= 0.6 is 0 Å². The van der Waals surface area contributed by atoms with E-state index in [-0.39, 0.29) is 5.41 Å². The minimum atomic E-state index is -0.129. The van der Waals surface area contributed by atoms with Gasteiger partial charge in [0, 0.05) is 30.2 Å². The summed E-state index contributed by atoms with van der Waals surface area (Å²) in [4.78, 5) is 12.1. The van der Waals surface area contributed by atoms with Gasteiger partial charge in [-0.3, -0.25) is 4.98 Å². The van der Waals surface area contributed by atoms with Crippen molar-refractivity contribution < 1.29 is 4.74 Å². The Labute approximate surface area is 105 Å². The van der Waals surface area contributed by atoms with Gasteiger partial charge < -0.3 is 15.5 Å². The van der Waals surface area contributed by atoms with Gasteiger partial charge in [-0.25, -0.2) is 4.98 Å². The average Bonchev–Trinajstić information content (AvgIpc) is 2.72. The lowest BCUT2D eigenvalue weighted by Gasteiger charge is -2.38. The fourth-order valence-corrected chi connectivity index (χ4v) is 2.20. The van der Waals surface area contributed by atoms with E-state index < -0.39 is 0 Å². The molecule has 0 amide bonds. The Hall–Kier alpha value is -1.72. The van der Waals surface area contributed by atoms with Gasteiger partial charge in [0.15, 0.2) is 0 Å². The zero-order valence-electron chi connectivity index (χ0n) is 10.3. The van der Waals surface area contributed by atoms with Crippen LogP contribution in [0.4, 0.5) is 0 Å². The molecule has 18 heavy (non-hydrogen) atoms. The first-order valence-electron chi connectivity index (χ1n) is 6.00. The Kier molecular flexibility index (Phi) is 2.65. The van der Waals surface area contributed by atoms with E-state index in [1.807, 2.05) is 19.1 Å². The summed E-state index contributed by atoms with van der Waals surface area (Å²) in [6, 6.07) is 3.92. The van der Waals surface area contributed by atoms with Gasteiger partial charge in [0.1, 0.15) is 5.82 Å². The van der Waals surface area contributed by atoms with E-state index in [0.29, 0.717) is 19.8 Å². The zero-order valence-corrected chi connectivity index (χ0v) is 10.3. The second kappa shape index (κ2) is 4.19. The maximum atomic E-state index is 5.85. The van der Waals surface area contributed by atoms with Crippen molar-refractivity contribution >= 4 is 0 Å². The van der Waals surface area contributed by atoms with Crippen LogP contribution in [0.15, 0.2) is 24.5 Å². The van der Waals surface area contributed by atoms with Crippen LogP contribution in [0.2, 0.25) is 0 Å². The maximum absolute atomic E-state index is 5.85. The lowest BCUT2D eigenvalue weighted by Crippen LogP contribution is -2.53. The molecule has 2 aromatic heterocycles. The van der Waals surface area contributed by atoms with E-state index in [2.05, 4.69) is 9.97 Å². The number of nitrogens with one attached hydrogen (secondary N) is 1. The summed E-state index contributed by atoms with van der Waals surface area (Å²) in [6.45, 7) is 3.87. The number of nitrogens with two attached hydrogens (primary N) is 1. The molecule has 0 atom stereocenters. The molecule has 0 bridgehead atoms. The molecule has 0 aromatic carbocycles. The molecule has 1 saturated heterocycles. The van der Waals surface area contributed by atoms with Crippen LogP contribution in [0.3, 0.4) is 0 Å². The standard InChI is InChI=1S/C13H16N4O/c1-9-11(10-2-4-15-5-3-10)17-12(16-9)13(6-14)7-18-8-13/h2-5H,6-8,14H2,1H3,(H,16,17). The summed E-state index contributed by atoms with van der Waals surface area (Å²) in [5.74, 6) is 0.931. The second-order valence-corrected chi connectivity index (χ2v) is 4.77. The Balaban J connectivity index is 2.01. The highest BCUT2D eigenvalue weighted by atomic mass is 16.5. The summed E-state index contributed by atoms with van der Waals surface area (Å²) in [5, 5.41) is 0. The van der Waals surface area contributed by atoms with Crippen molar-refractivity contribution in [3.8, 4) is 11.3 Å². The fraction of sp³-hybridized carbons (Fsp3) is 0.385. The first-order valence-corrected chi connectivity index (χ1v) is 6.00. The molecular formula is C13H16N4O. The topological polar surface area (TPSA) is 76.8 Å². The van der Waals surface area contributed by atoms with Crippen molar-refractivity contribution in [3.63, 3.8) is 0 Å². The number of imidazole rings is 1. The molecule has 2 aromatic rings. The number of aromatic nitrogens is 3. The molecule has 94 valence electrons. The summed E-state index contributed by atoms with van der Waals surface area (Å²) in [5.41, 5.74) is 8.80. The summed E-state index contributed by atoms with van der Waals surface area (Å²) in [7, 11) is 0. The van der Waals surface area contributed by atoms with Crippen molar-refractivity contribution in [1.82, 2.24) is 15.0 Å². The molecule has 0 unspecified atom stereocenters. The summed E-state index contributed by atoms with van der Waals surface area (Å²) < 4.78 is 5.29. The van der Waals surface area contributed by atoms with Gasteiger partial charge >= 0.3 is 0 Å². The quantitative estimate of drug-likeness (QED) is 0.844. The first-order chi connectivity index (χ1) is 8.75. The number of aromatic amines is 1. The smallest absolute Gasteiger partial charge is 0.119 e. The third kappa shape index (κ3) is 1.63. The normalized spacial score (nSPS) is 17.4. The summed E-state index contributed by atoms with van der Waals surface area (Å²) >= 11 is 0. The van der Waals surface area contributed by atoms with Crippen LogP contribution < -0.4 is 5.73 Å². The van der Waals surface area contributed by atoms with Crippen LogP contribution in [0, 0.1) is 6.92 Å². The number of nitrogens with zero attached hydrogens (tertiary/aromatic N) is 2. The molecule has 1 aliphatic heterocycles. The van der Waals surface area contributed by atoms with Crippen LogP contribution in [-0.2, 0) is 10.2 Å². The fourth-order valence-electron chi connectivity index (χ4n) is 2.20. The van der Waals surface area contributed by atoms with Gasteiger partial charge in [0.05, 0.1) is 24.3 Å². The van der Waals surface area contributed by atoms with E-state index in [1.54, 1.807) is 12.4 Å². The van der Waals surface area contributed by atoms with Gasteiger partial charge in [0.25, 0.3) is 0 Å². The number of ether oxygens (including phenoxy) is 1. The third-order valence-corrected chi connectivity index (χ3v) is 3.49. The predicted molar refractivity (Wildman–Crippen MR) is 68.1 cm³/mol. The Morgan fingerprint density at radius 2 is 2.11 bits per heavy atom. The minimum absolute atomic E-state index is 0.129. The number of pyridine rings is 1. The Morgan fingerprint density at radius 3 is 2.67 bits per heavy atom. The second-order valence-electron chi connectivity index (χ2n) is 4.77. The number of hydrogen-bond donors (Lipinski definition) is 2. The maximum Gasteiger partial charge on any atom is 0.119 e. The molecule has 0 spiro atoms. The molecule has 3 N–H and O–H groups in total. The van der Waals surface area contributed by atoms with Gasteiger partial charge in [-0.1, -0.05) is 0 Å². The zero-order chi connectivity index (χ0) is 12.6. The highest BCUT2D eigenvalue weighted by Gasteiger charge is 2.42. The number of H-pyrrole nitrogens is 1. The minimum Gasteiger partial charge on any atom is -0.379 e. The van der Waals surface area contributed by atoms with Crippen molar-refractivity contribution in [1.29, 1.82) is 0 Å². The van der Waals surface area contributed by atoms with E-state index in [0.717, 1.165) is 22.8 Å². The number of aryl methyl sites for hydroxylation is 1. The molecule has 0 saturated carbocycles. The van der Waals surface area contributed by atoms with Crippen molar-refractivity contribution in [2.75, 3.05) is 19.8 Å². The van der Waals surface area contributed by atoms with Gasteiger partial charge in [-0.15, -0.1) is 0 Å². The van der Waals surface area contributed by atoms with Crippen LogP contribution in [0.25, 0.3) is 11.3 Å². The molecule has 1 aliphatic rings. The molecule has 1 fully saturated rings. The van der Waals surface area contributed by atoms with E-state index in [9.17, 15) is 0 Å². The highest BCUT2D eigenvalue weighted by Crippen LogP contribution is 2.32. The number of hydrogen-bond acceptors (Lipinski definition) is 4. The lowest BCUT2D eigenvalue weighted by atomic mass is 9.85. The van der Waals surface area contributed by atoms with Crippen molar-refractivity contribution in [2.45, 2.75) is 12.3 Å². The van der Waals surface area contributed by atoms with Crippen LogP contribution in [-0.4, -0.2) is 34.7 Å².